The largest absolute Gasteiger partial charge is 0.393 e. The van der Waals surface area contributed by atoms with Crippen molar-refractivity contribution in [3.8, 4) is 0 Å². The summed E-state index contributed by atoms with van der Waals surface area (Å²) in [6.45, 7) is 9.41. The molecule has 1 fully saturated rings. The standard InChI is InChI=1S/C9H21NOSi/c1-12(2,3)8-10-6-4-9(11)5-7-10/h9,11H,4-8H2,1-3H3. The first-order valence-corrected chi connectivity index (χ1v) is 8.58. The van der Waals surface area contributed by atoms with Crippen molar-refractivity contribution in [3.63, 3.8) is 0 Å². The third-order valence-electron chi connectivity index (χ3n) is 2.26. The predicted molar refractivity (Wildman–Crippen MR) is 55.0 cm³/mol. The van der Waals surface area contributed by atoms with Gasteiger partial charge in [-0.25, -0.2) is 0 Å². The van der Waals surface area contributed by atoms with Gasteiger partial charge >= 0.3 is 0 Å². The summed E-state index contributed by atoms with van der Waals surface area (Å²) in [5, 5.41) is 9.31. The molecule has 1 saturated heterocycles. The van der Waals surface area contributed by atoms with E-state index < -0.39 is 8.07 Å². The van der Waals surface area contributed by atoms with Crippen molar-refractivity contribution in [3.05, 3.63) is 0 Å². The van der Waals surface area contributed by atoms with E-state index in [9.17, 15) is 5.11 Å². The molecule has 0 aliphatic carbocycles. The van der Waals surface area contributed by atoms with Gasteiger partial charge in [0, 0.05) is 13.1 Å². The lowest BCUT2D eigenvalue weighted by molar-refractivity contribution is 0.0899. The molecule has 0 saturated carbocycles. The van der Waals surface area contributed by atoms with Gasteiger partial charge in [0.1, 0.15) is 0 Å². The summed E-state index contributed by atoms with van der Waals surface area (Å²) in [4.78, 5) is 2.51. The molecule has 0 aromatic carbocycles. The molecule has 1 N–H and O–H groups in total. The van der Waals surface area contributed by atoms with E-state index in [0.717, 1.165) is 25.9 Å². The minimum atomic E-state index is -0.922. The Balaban J connectivity index is 2.26. The molecule has 0 spiro atoms. The molecule has 1 rings (SSSR count). The van der Waals surface area contributed by atoms with Gasteiger partial charge in [-0.15, -0.1) is 0 Å². The van der Waals surface area contributed by atoms with Crippen LogP contribution in [-0.2, 0) is 0 Å². The van der Waals surface area contributed by atoms with E-state index in [1.807, 2.05) is 0 Å². The van der Waals surface area contributed by atoms with Crippen molar-refractivity contribution < 1.29 is 5.11 Å². The number of rotatable bonds is 2. The zero-order valence-corrected chi connectivity index (χ0v) is 9.51. The summed E-state index contributed by atoms with van der Waals surface area (Å²) < 4.78 is 0. The van der Waals surface area contributed by atoms with Gasteiger partial charge in [0.25, 0.3) is 0 Å². The van der Waals surface area contributed by atoms with Crippen molar-refractivity contribution >= 4 is 8.07 Å². The molecule has 72 valence electrons. The van der Waals surface area contributed by atoms with Gasteiger partial charge in [0.2, 0.25) is 0 Å². The van der Waals surface area contributed by atoms with Crippen molar-refractivity contribution in [2.24, 2.45) is 0 Å². The molecule has 2 nitrogen and oxygen atoms in total. The van der Waals surface area contributed by atoms with E-state index in [4.69, 9.17) is 0 Å². The molecular weight excluding hydrogens is 166 g/mol. The molecule has 1 aliphatic heterocycles. The number of hydrogen-bond donors (Lipinski definition) is 1. The topological polar surface area (TPSA) is 23.5 Å². The van der Waals surface area contributed by atoms with Crippen molar-refractivity contribution in [1.82, 2.24) is 4.90 Å². The number of piperidine rings is 1. The normalized spacial score (nSPS) is 23.0. The molecule has 0 unspecified atom stereocenters. The quantitative estimate of drug-likeness (QED) is 0.659. The number of aliphatic hydroxyl groups excluding tert-OH is 1. The van der Waals surface area contributed by atoms with E-state index in [1.54, 1.807) is 0 Å². The fraction of sp³-hybridized carbons (Fsp3) is 1.00. The van der Waals surface area contributed by atoms with Crippen molar-refractivity contribution in [2.75, 3.05) is 19.3 Å². The van der Waals surface area contributed by atoms with Crippen LogP contribution >= 0.6 is 0 Å². The third kappa shape index (κ3) is 3.69. The van der Waals surface area contributed by atoms with Crippen LogP contribution in [0.3, 0.4) is 0 Å². The number of aliphatic hydroxyl groups is 1. The number of nitrogens with zero attached hydrogens (tertiary/aromatic N) is 1. The molecule has 0 amide bonds. The molecule has 3 heteroatoms. The minimum absolute atomic E-state index is 0.0251. The van der Waals surface area contributed by atoms with Gasteiger partial charge in [0.05, 0.1) is 14.2 Å². The SMILES string of the molecule is C[Si](C)(C)CN1CCC(O)CC1. The van der Waals surface area contributed by atoms with E-state index in [1.165, 1.54) is 6.17 Å². The van der Waals surface area contributed by atoms with Gasteiger partial charge in [-0.2, -0.15) is 0 Å². The minimum Gasteiger partial charge on any atom is -0.393 e. The Bertz CT molecular complexity index is 136. The highest BCUT2D eigenvalue weighted by Crippen LogP contribution is 2.12. The molecule has 0 atom stereocenters. The third-order valence-corrected chi connectivity index (χ3v) is 3.65. The Labute approximate surface area is 76.6 Å². The van der Waals surface area contributed by atoms with Crippen LogP contribution in [0.1, 0.15) is 12.8 Å². The second-order valence-corrected chi connectivity index (χ2v) is 10.5. The molecule has 1 heterocycles. The van der Waals surface area contributed by atoms with Crippen LogP contribution in [-0.4, -0.2) is 43.4 Å². The second kappa shape index (κ2) is 3.90. The monoisotopic (exact) mass is 187 g/mol. The van der Waals surface area contributed by atoms with Crippen LogP contribution in [0, 0.1) is 0 Å². The average Bonchev–Trinajstić information content (AvgIpc) is 1.91. The number of likely N-dealkylation sites (tertiary alicyclic amines) is 1. The molecule has 0 bridgehead atoms. The maximum absolute atomic E-state index is 9.31. The lowest BCUT2D eigenvalue weighted by Crippen LogP contribution is -2.45. The molecule has 0 aromatic rings. The smallest absolute Gasteiger partial charge is 0.0599 e. The molecule has 0 radical (unpaired) electrons. The van der Waals surface area contributed by atoms with E-state index in [2.05, 4.69) is 24.5 Å². The lowest BCUT2D eigenvalue weighted by atomic mass is 10.1. The summed E-state index contributed by atoms with van der Waals surface area (Å²) in [6, 6.07) is 0. The van der Waals surface area contributed by atoms with Crippen LogP contribution in [0.25, 0.3) is 0 Å². The highest BCUT2D eigenvalue weighted by molar-refractivity contribution is 6.76. The fourth-order valence-corrected chi connectivity index (χ4v) is 3.41. The molecular formula is C9H21NOSi. The van der Waals surface area contributed by atoms with Gasteiger partial charge < -0.3 is 10.0 Å². The Morgan fingerprint density at radius 2 is 1.75 bits per heavy atom. The van der Waals surface area contributed by atoms with Crippen molar-refractivity contribution in [1.29, 1.82) is 0 Å². The van der Waals surface area contributed by atoms with Gasteiger partial charge in [-0.1, -0.05) is 19.6 Å². The Morgan fingerprint density at radius 3 is 2.17 bits per heavy atom. The predicted octanol–water partition coefficient (Wildman–Crippen LogP) is 1.32. The molecule has 12 heavy (non-hydrogen) atoms. The first-order valence-electron chi connectivity index (χ1n) is 4.88. The molecule has 0 aromatic heterocycles. The summed E-state index contributed by atoms with van der Waals surface area (Å²) in [5.41, 5.74) is 0. The van der Waals surface area contributed by atoms with Crippen LogP contribution in [0.5, 0.6) is 0 Å². The maximum Gasteiger partial charge on any atom is 0.0599 e. The van der Waals surface area contributed by atoms with Crippen LogP contribution in [0.4, 0.5) is 0 Å². The van der Waals surface area contributed by atoms with Gasteiger partial charge in [-0.3, -0.25) is 0 Å². The van der Waals surface area contributed by atoms with Crippen LogP contribution < -0.4 is 0 Å². The highest BCUT2D eigenvalue weighted by atomic mass is 28.3. The average molecular weight is 187 g/mol. The lowest BCUT2D eigenvalue weighted by Gasteiger charge is -2.33. The number of hydrogen-bond acceptors (Lipinski definition) is 2. The summed E-state index contributed by atoms with van der Waals surface area (Å²) in [5.74, 6) is 0. The Kier molecular flexibility index (Phi) is 3.32. The van der Waals surface area contributed by atoms with Crippen LogP contribution in [0.2, 0.25) is 19.6 Å². The Hall–Kier alpha value is 0.137. The first-order chi connectivity index (χ1) is 5.47. The zero-order valence-electron chi connectivity index (χ0n) is 8.51. The van der Waals surface area contributed by atoms with Crippen molar-refractivity contribution in [2.45, 2.75) is 38.6 Å². The zero-order chi connectivity index (χ0) is 9.19. The summed E-state index contributed by atoms with van der Waals surface area (Å²) in [6.07, 6.45) is 3.22. The van der Waals surface area contributed by atoms with E-state index >= 15 is 0 Å². The second-order valence-electron chi connectivity index (χ2n) is 5.07. The highest BCUT2D eigenvalue weighted by Gasteiger charge is 2.22. The Morgan fingerprint density at radius 1 is 1.25 bits per heavy atom. The van der Waals surface area contributed by atoms with Crippen LogP contribution in [0.15, 0.2) is 0 Å². The van der Waals surface area contributed by atoms with E-state index in [0.29, 0.717) is 0 Å². The first kappa shape index (κ1) is 10.2. The summed E-state index contributed by atoms with van der Waals surface area (Å²) >= 11 is 0. The molecule has 1 aliphatic rings. The van der Waals surface area contributed by atoms with Gasteiger partial charge in [0.15, 0.2) is 0 Å². The maximum atomic E-state index is 9.31. The fourth-order valence-electron chi connectivity index (χ4n) is 1.75. The van der Waals surface area contributed by atoms with Gasteiger partial charge in [-0.05, 0) is 19.0 Å². The summed E-state index contributed by atoms with van der Waals surface area (Å²) in [7, 11) is -0.922. The van der Waals surface area contributed by atoms with E-state index in [-0.39, 0.29) is 6.10 Å².